The molecule has 0 aromatic heterocycles. The summed E-state index contributed by atoms with van der Waals surface area (Å²) in [7, 11) is 1.03. The fraction of sp³-hybridized carbons (Fsp3) is 0.632. The number of hydrogen-bond acceptors (Lipinski definition) is 5. The largest absolute Gasteiger partial charge is 0.384 e. The van der Waals surface area contributed by atoms with Gasteiger partial charge in [0.15, 0.2) is 0 Å². The van der Waals surface area contributed by atoms with Gasteiger partial charge in [0.2, 0.25) is 10.0 Å². The van der Waals surface area contributed by atoms with Gasteiger partial charge in [-0.3, -0.25) is 4.79 Å². The van der Waals surface area contributed by atoms with Crippen LogP contribution < -0.4 is 10.6 Å². The lowest BCUT2D eigenvalue weighted by molar-refractivity contribution is 0.0511. The Kier molecular flexibility index (Phi) is 7.02. The van der Waals surface area contributed by atoms with E-state index in [0.29, 0.717) is 24.3 Å². The van der Waals surface area contributed by atoms with Gasteiger partial charge in [0, 0.05) is 38.7 Å². The Morgan fingerprint density at radius 3 is 2.44 bits per heavy atom. The first-order valence-corrected chi connectivity index (χ1v) is 10.6. The highest BCUT2D eigenvalue weighted by atomic mass is 32.2. The van der Waals surface area contributed by atoms with E-state index in [1.54, 1.807) is 20.1 Å². The van der Waals surface area contributed by atoms with E-state index >= 15 is 0 Å². The Hall–Kier alpha value is -1.48. The molecular formula is C19H31N3O4S. The predicted molar refractivity (Wildman–Crippen MR) is 106 cm³/mol. The summed E-state index contributed by atoms with van der Waals surface area (Å²) in [6.45, 7) is 6.46. The number of carbonyl (C=O) groups excluding carboxylic acids is 1. The molecule has 1 saturated heterocycles. The molecule has 2 rings (SSSR count). The van der Waals surface area contributed by atoms with Gasteiger partial charge in [-0.1, -0.05) is 0 Å². The Labute approximate surface area is 162 Å². The molecule has 7 nitrogen and oxygen atoms in total. The number of hydrogen-bond donors (Lipinski definition) is 2. The zero-order valence-corrected chi connectivity index (χ0v) is 17.7. The van der Waals surface area contributed by atoms with E-state index in [-0.39, 0.29) is 16.2 Å². The van der Waals surface area contributed by atoms with Gasteiger partial charge in [-0.05, 0) is 63.0 Å². The molecule has 1 aromatic rings. The van der Waals surface area contributed by atoms with Crippen molar-refractivity contribution in [1.82, 2.24) is 14.9 Å². The number of methoxy groups -OCH3 is 1. The van der Waals surface area contributed by atoms with Crippen LogP contribution in [0.2, 0.25) is 0 Å². The fourth-order valence-corrected chi connectivity index (χ4v) is 4.65. The summed E-state index contributed by atoms with van der Waals surface area (Å²) in [5.74, 6) is -0.262. The number of aryl methyl sites for hydroxylation is 1. The highest BCUT2D eigenvalue weighted by Gasteiger charge is 2.33. The lowest BCUT2D eigenvalue weighted by Crippen LogP contribution is -2.47. The highest BCUT2D eigenvalue weighted by Crippen LogP contribution is 2.29. The number of nitrogens with one attached hydrogen (secondary N) is 2. The van der Waals surface area contributed by atoms with Gasteiger partial charge in [0.1, 0.15) is 0 Å². The van der Waals surface area contributed by atoms with Crippen molar-refractivity contribution >= 4 is 15.9 Å². The van der Waals surface area contributed by atoms with E-state index in [2.05, 4.69) is 10.6 Å². The SMILES string of the molecule is COCC1(CNC(=O)c2cc(C)c(C)c(S(=O)(=O)N(C)C)c2)CCNCC1. The monoisotopic (exact) mass is 397 g/mol. The first-order chi connectivity index (χ1) is 12.6. The number of benzene rings is 1. The van der Waals surface area contributed by atoms with Crippen molar-refractivity contribution in [3.05, 3.63) is 28.8 Å². The van der Waals surface area contributed by atoms with E-state index in [9.17, 15) is 13.2 Å². The van der Waals surface area contributed by atoms with Crippen LogP contribution in [0.25, 0.3) is 0 Å². The van der Waals surface area contributed by atoms with E-state index in [1.165, 1.54) is 24.5 Å². The van der Waals surface area contributed by atoms with E-state index in [4.69, 9.17) is 4.74 Å². The number of ether oxygens (including phenoxy) is 1. The lowest BCUT2D eigenvalue weighted by Gasteiger charge is -2.37. The van der Waals surface area contributed by atoms with Crippen molar-refractivity contribution in [3.8, 4) is 0 Å². The second-order valence-corrected chi connectivity index (χ2v) is 9.69. The van der Waals surface area contributed by atoms with E-state index < -0.39 is 10.0 Å². The minimum absolute atomic E-state index is 0.0893. The van der Waals surface area contributed by atoms with Crippen LogP contribution in [0, 0.1) is 19.3 Å². The third kappa shape index (κ3) is 4.87. The van der Waals surface area contributed by atoms with Gasteiger partial charge in [0.05, 0.1) is 11.5 Å². The zero-order chi connectivity index (χ0) is 20.2. The molecule has 0 spiro atoms. The molecule has 0 aliphatic carbocycles. The summed E-state index contributed by atoms with van der Waals surface area (Å²) >= 11 is 0. The smallest absolute Gasteiger partial charge is 0.251 e. The van der Waals surface area contributed by atoms with Crippen molar-refractivity contribution in [1.29, 1.82) is 0 Å². The normalized spacial score (nSPS) is 17.1. The maximum absolute atomic E-state index is 12.8. The van der Waals surface area contributed by atoms with Crippen molar-refractivity contribution in [2.75, 3.05) is 47.4 Å². The second kappa shape index (κ2) is 8.68. The predicted octanol–water partition coefficient (Wildman–Crippen LogP) is 1.30. The first-order valence-electron chi connectivity index (χ1n) is 9.15. The molecule has 1 heterocycles. The molecule has 1 aromatic carbocycles. The van der Waals surface area contributed by atoms with Crippen molar-refractivity contribution in [2.45, 2.75) is 31.6 Å². The molecule has 1 fully saturated rings. The minimum Gasteiger partial charge on any atom is -0.384 e. The van der Waals surface area contributed by atoms with E-state index in [0.717, 1.165) is 31.5 Å². The molecule has 1 amide bonds. The Morgan fingerprint density at radius 2 is 1.89 bits per heavy atom. The Morgan fingerprint density at radius 1 is 1.26 bits per heavy atom. The minimum atomic E-state index is -3.62. The maximum atomic E-state index is 12.8. The summed E-state index contributed by atoms with van der Waals surface area (Å²) in [5.41, 5.74) is 1.71. The molecule has 27 heavy (non-hydrogen) atoms. The molecule has 2 N–H and O–H groups in total. The summed E-state index contributed by atoms with van der Waals surface area (Å²) in [6, 6.07) is 3.21. The molecule has 0 atom stereocenters. The number of carbonyl (C=O) groups is 1. The molecule has 0 unspecified atom stereocenters. The number of nitrogens with zero attached hydrogens (tertiary/aromatic N) is 1. The van der Waals surface area contributed by atoms with Crippen LogP contribution in [0.5, 0.6) is 0 Å². The van der Waals surface area contributed by atoms with Crippen molar-refractivity contribution in [3.63, 3.8) is 0 Å². The van der Waals surface area contributed by atoms with Crippen LogP contribution in [0.3, 0.4) is 0 Å². The molecular weight excluding hydrogens is 366 g/mol. The average molecular weight is 398 g/mol. The van der Waals surface area contributed by atoms with Gasteiger partial charge in [0.25, 0.3) is 5.91 Å². The van der Waals surface area contributed by atoms with Crippen molar-refractivity contribution < 1.29 is 17.9 Å². The van der Waals surface area contributed by atoms with E-state index in [1.807, 2.05) is 6.92 Å². The maximum Gasteiger partial charge on any atom is 0.251 e. The summed E-state index contributed by atoms with van der Waals surface area (Å²) in [5, 5.41) is 6.32. The molecule has 0 radical (unpaired) electrons. The second-order valence-electron chi connectivity index (χ2n) is 7.57. The van der Waals surface area contributed by atoms with Gasteiger partial charge in [-0.15, -0.1) is 0 Å². The molecule has 1 aliphatic heterocycles. The number of amides is 1. The number of piperidine rings is 1. The molecule has 152 valence electrons. The van der Waals surface area contributed by atoms with Crippen molar-refractivity contribution in [2.24, 2.45) is 5.41 Å². The molecule has 0 bridgehead atoms. The van der Waals surface area contributed by atoms with Gasteiger partial charge in [-0.2, -0.15) is 0 Å². The molecule has 8 heteroatoms. The highest BCUT2D eigenvalue weighted by molar-refractivity contribution is 7.89. The van der Waals surface area contributed by atoms with Crippen LogP contribution in [-0.4, -0.2) is 66.1 Å². The van der Waals surface area contributed by atoms with Crippen LogP contribution >= 0.6 is 0 Å². The summed E-state index contributed by atoms with van der Waals surface area (Å²) in [6.07, 6.45) is 1.85. The first kappa shape index (κ1) is 21.8. The summed E-state index contributed by atoms with van der Waals surface area (Å²) < 4.78 is 31.7. The number of rotatable bonds is 7. The average Bonchev–Trinajstić information content (AvgIpc) is 2.62. The zero-order valence-electron chi connectivity index (χ0n) is 16.9. The van der Waals surface area contributed by atoms with Crippen LogP contribution in [-0.2, 0) is 14.8 Å². The summed E-state index contributed by atoms with van der Waals surface area (Å²) in [4.78, 5) is 12.9. The standard InChI is InChI=1S/C19H31N3O4S/c1-14-10-16(11-17(15(14)2)27(24,25)22(3)4)18(23)21-12-19(13-26-5)6-8-20-9-7-19/h10-11,20H,6-9,12-13H2,1-5H3,(H,21,23). The quantitative estimate of drug-likeness (QED) is 0.724. The number of sulfonamides is 1. The lowest BCUT2D eigenvalue weighted by atomic mass is 9.79. The van der Waals surface area contributed by atoms with Gasteiger partial charge in [-0.25, -0.2) is 12.7 Å². The molecule has 1 aliphatic rings. The van der Waals surface area contributed by atoms with Gasteiger partial charge >= 0.3 is 0 Å². The topological polar surface area (TPSA) is 87.7 Å². The molecule has 0 saturated carbocycles. The third-order valence-electron chi connectivity index (χ3n) is 5.38. The van der Waals surface area contributed by atoms with Gasteiger partial charge < -0.3 is 15.4 Å². The van der Waals surface area contributed by atoms with Crippen LogP contribution in [0.15, 0.2) is 17.0 Å². The third-order valence-corrected chi connectivity index (χ3v) is 7.32. The Balaban J connectivity index is 2.25. The van der Waals surface area contributed by atoms with Crippen LogP contribution in [0.1, 0.15) is 34.3 Å². The fourth-order valence-electron chi connectivity index (χ4n) is 3.43. The Bertz CT molecular complexity index is 779. The van der Waals surface area contributed by atoms with Crippen LogP contribution in [0.4, 0.5) is 0 Å².